The monoisotopic (exact) mass is 300 g/mol. The van der Waals surface area contributed by atoms with E-state index in [0.717, 1.165) is 16.2 Å². The van der Waals surface area contributed by atoms with E-state index in [0.29, 0.717) is 6.54 Å². The van der Waals surface area contributed by atoms with Gasteiger partial charge in [-0.05, 0) is 30.9 Å². The summed E-state index contributed by atoms with van der Waals surface area (Å²) in [6.45, 7) is 2.44. The lowest BCUT2D eigenvalue weighted by Crippen LogP contribution is -2.41. The Morgan fingerprint density at radius 3 is 2.53 bits per heavy atom. The van der Waals surface area contributed by atoms with Crippen molar-refractivity contribution in [2.24, 2.45) is 0 Å². The van der Waals surface area contributed by atoms with Crippen LogP contribution in [0.4, 0.5) is 4.79 Å². The van der Waals surface area contributed by atoms with E-state index in [2.05, 4.69) is 10.6 Å². The third-order valence-electron chi connectivity index (χ3n) is 2.50. The van der Waals surface area contributed by atoms with Gasteiger partial charge in [-0.15, -0.1) is 0 Å². The van der Waals surface area contributed by atoms with Crippen molar-refractivity contribution in [3.8, 4) is 0 Å². The van der Waals surface area contributed by atoms with Gasteiger partial charge in [-0.25, -0.2) is 4.79 Å². The van der Waals surface area contributed by atoms with E-state index < -0.39 is 10.8 Å². The molecule has 2 amide bonds. The summed E-state index contributed by atoms with van der Waals surface area (Å²) in [5.74, 6) is 0.893. The lowest BCUT2D eigenvalue weighted by atomic mass is 10.2. The third kappa shape index (κ3) is 6.11. The second kappa shape index (κ2) is 8.22. The molecule has 19 heavy (non-hydrogen) atoms. The van der Waals surface area contributed by atoms with E-state index in [9.17, 15) is 9.00 Å². The molecule has 1 aromatic carbocycles. The average Bonchev–Trinajstić information content (AvgIpc) is 2.37. The second-order valence-electron chi connectivity index (χ2n) is 4.28. The largest absolute Gasteiger partial charge is 0.335 e. The predicted octanol–water partition coefficient (Wildman–Crippen LogP) is 1.97. The van der Waals surface area contributed by atoms with Gasteiger partial charge in [-0.2, -0.15) is 11.8 Å². The number of carbonyl (C=O) groups excluding carboxylic acids is 1. The Morgan fingerprint density at radius 1 is 1.37 bits per heavy atom. The van der Waals surface area contributed by atoms with Gasteiger partial charge in [-0.3, -0.25) is 4.21 Å². The molecule has 4 nitrogen and oxygen atoms in total. The van der Waals surface area contributed by atoms with E-state index in [4.69, 9.17) is 0 Å². The Kier molecular flexibility index (Phi) is 6.94. The molecular weight excluding hydrogens is 280 g/mol. The Bertz CT molecular complexity index is 435. The summed E-state index contributed by atoms with van der Waals surface area (Å²) in [4.78, 5) is 12.4. The molecule has 0 bridgehead atoms. The minimum Gasteiger partial charge on any atom is -0.335 e. The zero-order chi connectivity index (χ0) is 14.3. The topological polar surface area (TPSA) is 58.2 Å². The molecule has 0 aromatic heterocycles. The van der Waals surface area contributed by atoms with Gasteiger partial charge in [-0.1, -0.05) is 12.1 Å². The first kappa shape index (κ1) is 16.0. The zero-order valence-electron chi connectivity index (χ0n) is 11.4. The minimum absolute atomic E-state index is 0.153. The first-order chi connectivity index (χ1) is 9.02. The summed E-state index contributed by atoms with van der Waals surface area (Å²) < 4.78 is 11.2. The Balaban J connectivity index is 2.39. The lowest BCUT2D eigenvalue weighted by Gasteiger charge is -2.13. The molecule has 2 atom stereocenters. The fourth-order valence-electron chi connectivity index (χ4n) is 1.55. The van der Waals surface area contributed by atoms with Gasteiger partial charge >= 0.3 is 6.03 Å². The van der Waals surface area contributed by atoms with E-state index in [1.165, 1.54) is 0 Å². The van der Waals surface area contributed by atoms with Crippen LogP contribution in [0.1, 0.15) is 12.5 Å². The molecule has 0 fully saturated rings. The number of amides is 2. The number of hydrogen-bond donors (Lipinski definition) is 2. The summed E-state index contributed by atoms with van der Waals surface area (Å²) in [5, 5.41) is 5.66. The van der Waals surface area contributed by atoms with E-state index in [-0.39, 0.29) is 12.1 Å². The Hall–Kier alpha value is -1.01. The van der Waals surface area contributed by atoms with Crippen LogP contribution in [-0.4, -0.2) is 34.5 Å². The Labute approximate surface area is 121 Å². The molecule has 1 aromatic rings. The van der Waals surface area contributed by atoms with Crippen molar-refractivity contribution in [2.45, 2.75) is 24.4 Å². The van der Waals surface area contributed by atoms with Gasteiger partial charge in [0.2, 0.25) is 0 Å². The molecule has 0 saturated heterocycles. The molecular formula is C13H20N2O2S2. The van der Waals surface area contributed by atoms with Crippen molar-refractivity contribution in [1.29, 1.82) is 0 Å². The molecule has 6 heteroatoms. The number of hydrogen-bond acceptors (Lipinski definition) is 3. The van der Waals surface area contributed by atoms with E-state index >= 15 is 0 Å². The lowest BCUT2D eigenvalue weighted by molar-refractivity contribution is 0.238. The standard InChI is InChI=1S/C13H20N2O2S2/c1-10(9-18-2)15-13(16)14-8-11-4-6-12(7-5-11)19(3)17/h4-7,10H,8-9H2,1-3H3,(H2,14,15,16)/t10-,19+/m1/s1. The molecule has 0 unspecified atom stereocenters. The highest BCUT2D eigenvalue weighted by Crippen LogP contribution is 2.07. The summed E-state index contributed by atoms with van der Waals surface area (Å²) in [7, 11) is -0.962. The smallest absolute Gasteiger partial charge is 0.315 e. The highest BCUT2D eigenvalue weighted by molar-refractivity contribution is 7.98. The van der Waals surface area contributed by atoms with Crippen LogP contribution in [0.5, 0.6) is 0 Å². The molecule has 0 radical (unpaired) electrons. The maximum absolute atomic E-state index is 11.6. The van der Waals surface area contributed by atoms with Gasteiger partial charge in [0.25, 0.3) is 0 Å². The fraction of sp³-hybridized carbons (Fsp3) is 0.462. The summed E-state index contributed by atoms with van der Waals surface area (Å²) in [6, 6.07) is 7.39. The number of carbonyl (C=O) groups is 1. The van der Waals surface area contributed by atoms with Gasteiger partial charge in [0.15, 0.2) is 0 Å². The maximum Gasteiger partial charge on any atom is 0.315 e. The normalized spacial score (nSPS) is 13.6. The number of thioether (sulfide) groups is 1. The third-order valence-corrected chi connectivity index (χ3v) is 4.27. The molecule has 0 aliphatic rings. The molecule has 1 rings (SSSR count). The summed E-state index contributed by atoms with van der Waals surface area (Å²) in [5.41, 5.74) is 0.988. The SMILES string of the molecule is CSC[C@@H](C)NC(=O)NCc1ccc([S@](C)=O)cc1. The average molecular weight is 300 g/mol. The van der Waals surface area contributed by atoms with Crippen LogP contribution in [0.2, 0.25) is 0 Å². The van der Waals surface area contributed by atoms with Crippen LogP contribution in [0.25, 0.3) is 0 Å². The summed E-state index contributed by atoms with van der Waals surface area (Å²) >= 11 is 1.70. The number of nitrogens with one attached hydrogen (secondary N) is 2. The minimum atomic E-state index is -0.962. The van der Waals surface area contributed by atoms with Gasteiger partial charge in [0.05, 0.1) is 0 Å². The van der Waals surface area contributed by atoms with Gasteiger partial charge in [0, 0.05) is 40.3 Å². The molecule has 0 aliphatic carbocycles. The van der Waals surface area contributed by atoms with Gasteiger partial charge in [0.1, 0.15) is 0 Å². The first-order valence-corrected chi connectivity index (χ1v) is 8.93. The van der Waals surface area contributed by atoms with Crippen LogP contribution < -0.4 is 10.6 Å². The van der Waals surface area contributed by atoms with Crippen molar-refractivity contribution in [1.82, 2.24) is 10.6 Å². The predicted molar refractivity (Wildman–Crippen MR) is 82.0 cm³/mol. The van der Waals surface area contributed by atoms with Crippen molar-refractivity contribution in [3.63, 3.8) is 0 Å². The molecule has 0 spiro atoms. The highest BCUT2D eigenvalue weighted by Gasteiger charge is 2.06. The number of benzene rings is 1. The van der Waals surface area contributed by atoms with Gasteiger partial charge < -0.3 is 10.6 Å². The van der Waals surface area contributed by atoms with Crippen LogP contribution in [0.3, 0.4) is 0 Å². The zero-order valence-corrected chi connectivity index (χ0v) is 13.1. The first-order valence-electron chi connectivity index (χ1n) is 5.98. The van der Waals surface area contributed by atoms with Crippen LogP contribution in [-0.2, 0) is 17.3 Å². The van der Waals surface area contributed by atoms with Crippen LogP contribution in [0.15, 0.2) is 29.2 Å². The molecule has 0 aliphatic heterocycles. The van der Waals surface area contributed by atoms with Crippen molar-refractivity contribution >= 4 is 28.6 Å². The molecule has 2 N–H and O–H groups in total. The highest BCUT2D eigenvalue weighted by atomic mass is 32.2. The van der Waals surface area contributed by atoms with E-state index in [1.54, 1.807) is 18.0 Å². The van der Waals surface area contributed by atoms with Crippen LogP contribution in [0, 0.1) is 0 Å². The Morgan fingerprint density at radius 2 is 2.00 bits per heavy atom. The molecule has 0 saturated carbocycles. The number of urea groups is 1. The fourth-order valence-corrected chi connectivity index (χ4v) is 2.65. The maximum atomic E-state index is 11.6. The van der Waals surface area contributed by atoms with Crippen LogP contribution >= 0.6 is 11.8 Å². The summed E-state index contributed by atoms with van der Waals surface area (Å²) in [6.07, 6.45) is 3.66. The van der Waals surface area contributed by atoms with Crippen molar-refractivity contribution in [2.75, 3.05) is 18.3 Å². The van der Waals surface area contributed by atoms with Crippen molar-refractivity contribution in [3.05, 3.63) is 29.8 Å². The molecule has 106 valence electrons. The number of rotatable bonds is 6. The quantitative estimate of drug-likeness (QED) is 0.844. The molecule has 0 heterocycles. The van der Waals surface area contributed by atoms with Crippen molar-refractivity contribution < 1.29 is 9.00 Å². The second-order valence-corrected chi connectivity index (χ2v) is 6.57. The van der Waals surface area contributed by atoms with E-state index in [1.807, 2.05) is 37.4 Å².